The van der Waals surface area contributed by atoms with Crippen LogP contribution < -0.4 is 21.3 Å². The standard InChI is InChI=1S/C37H52N6O7/c1-5-25(4)32(21-44)40-34(46)19-33(45)29(16-24(2)3)41-36(48)31(18-28-20-38-23-39-28)42-35(47)30(17-26-12-8-6-9-13-26)43-37(49)50-22-27-14-10-7-11-15-27/h6-15,20,23-25,29-33,44-45H,5,16-19,21-22H2,1-4H3,(H,38,39)(H,40,46)(H,41,48)(H,42,47)(H,43,49)/t25?,29?,30-,31-,32+,33?/m0/s1. The zero-order valence-electron chi connectivity index (χ0n) is 29.3. The monoisotopic (exact) mass is 692 g/mol. The molecule has 1 heterocycles. The van der Waals surface area contributed by atoms with E-state index in [1.807, 2.05) is 88.4 Å². The fraction of sp³-hybridized carbons (Fsp3) is 0.486. The van der Waals surface area contributed by atoms with Crippen molar-refractivity contribution in [3.05, 3.63) is 90.0 Å². The molecule has 272 valence electrons. The molecule has 3 rings (SSSR count). The highest BCUT2D eigenvalue weighted by molar-refractivity contribution is 5.91. The molecule has 1 aromatic heterocycles. The molecule has 50 heavy (non-hydrogen) atoms. The Labute approximate surface area is 294 Å². The molecule has 7 N–H and O–H groups in total. The van der Waals surface area contributed by atoms with Gasteiger partial charge in [0.25, 0.3) is 0 Å². The van der Waals surface area contributed by atoms with E-state index < -0.39 is 54.1 Å². The molecule has 0 fully saturated rings. The number of carbonyl (C=O) groups excluding carboxylic acids is 4. The van der Waals surface area contributed by atoms with E-state index >= 15 is 0 Å². The lowest BCUT2D eigenvalue weighted by Crippen LogP contribution is -2.57. The van der Waals surface area contributed by atoms with E-state index in [2.05, 4.69) is 31.2 Å². The molecule has 0 spiro atoms. The molecule has 3 unspecified atom stereocenters. The summed E-state index contributed by atoms with van der Waals surface area (Å²) in [6.45, 7) is 7.50. The first-order chi connectivity index (χ1) is 24.0. The molecule has 3 aromatic rings. The van der Waals surface area contributed by atoms with Gasteiger partial charge in [-0.15, -0.1) is 0 Å². The summed E-state index contributed by atoms with van der Waals surface area (Å²) in [5.41, 5.74) is 2.06. The van der Waals surface area contributed by atoms with Crippen LogP contribution >= 0.6 is 0 Å². The number of alkyl carbamates (subject to hydrolysis) is 1. The average Bonchev–Trinajstić information content (AvgIpc) is 3.62. The molecule has 4 amide bonds. The van der Waals surface area contributed by atoms with Crippen molar-refractivity contribution in [3.8, 4) is 0 Å². The maximum Gasteiger partial charge on any atom is 0.408 e. The Hall–Kier alpha value is -4.75. The topological polar surface area (TPSA) is 195 Å². The molecule has 0 radical (unpaired) electrons. The Kier molecular flexibility index (Phi) is 16.4. The highest BCUT2D eigenvalue weighted by atomic mass is 16.5. The molecular formula is C37H52N6O7. The van der Waals surface area contributed by atoms with Crippen LogP contribution in [0.5, 0.6) is 0 Å². The summed E-state index contributed by atoms with van der Waals surface area (Å²) in [4.78, 5) is 60.5. The number of ether oxygens (including phenoxy) is 1. The van der Waals surface area contributed by atoms with E-state index in [-0.39, 0.29) is 44.3 Å². The Morgan fingerprint density at radius 3 is 2.02 bits per heavy atom. The van der Waals surface area contributed by atoms with Gasteiger partial charge in [-0.1, -0.05) is 94.8 Å². The highest BCUT2D eigenvalue weighted by Crippen LogP contribution is 2.14. The van der Waals surface area contributed by atoms with Crippen molar-refractivity contribution in [2.24, 2.45) is 11.8 Å². The molecular weight excluding hydrogens is 640 g/mol. The minimum absolute atomic E-state index is 0.00636. The molecule has 0 saturated carbocycles. The van der Waals surface area contributed by atoms with Crippen LogP contribution in [-0.2, 0) is 38.6 Å². The van der Waals surface area contributed by atoms with Crippen molar-refractivity contribution in [2.75, 3.05) is 6.61 Å². The zero-order chi connectivity index (χ0) is 36.5. The number of benzene rings is 2. The summed E-state index contributed by atoms with van der Waals surface area (Å²) in [6.07, 6.45) is 1.96. The number of nitrogens with zero attached hydrogens (tertiary/aromatic N) is 1. The number of amides is 4. The van der Waals surface area contributed by atoms with Crippen LogP contribution in [0.4, 0.5) is 4.79 Å². The molecule has 0 aliphatic heterocycles. The number of hydrogen-bond donors (Lipinski definition) is 7. The van der Waals surface area contributed by atoms with E-state index in [0.717, 1.165) is 17.5 Å². The highest BCUT2D eigenvalue weighted by Gasteiger charge is 2.32. The minimum Gasteiger partial charge on any atom is -0.445 e. The lowest BCUT2D eigenvalue weighted by atomic mass is 9.95. The Bertz CT molecular complexity index is 1460. The van der Waals surface area contributed by atoms with Crippen LogP contribution in [0.3, 0.4) is 0 Å². The smallest absolute Gasteiger partial charge is 0.408 e. The van der Waals surface area contributed by atoms with Crippen molar-refractivity contribution < 1.29 is 34.1 Å². The Morgan fingerprint density at radius 2 is 1.44 bits per heavy atom. The number of nitrogens with one attached hydrogen (secondary N) is 5. The molecule has 13 heteroatoms. The SMILES string of the molecule is CCC(C)[C@@H](CO)NC(=O)CC(O)C(CC(C)C)NC(=O)[C@H](Cc1c[nH]cn1)NC(=O)[C@H](Cc1ccccc1)NC(=O)OCc1ccccc1. The number of carbonyl (C=O) groups is 4. The van der Waals surface area contributed by atoms with E-state index in [9.17, 15) is 29.4 Å². The maximum atomic E-state index is 13.9. The van der Waals surface area contributed by atoms with Crippen LogP contribution in [0.1, 0.15) is 63.8 Å². The van der Waals surface area contributed by atoms with Crippen LogP contribution in [0.15, 0.2) is 73.2 Å². The minimum atomic E-state index is -1.24. The zero-order valence-corrected chi connectivity index (χ0v) is 29.3. The van der Waals surface area contributed by atoms with Gasteiger partial charge >= 0.3 is 6.09 Å². The van der Waals surface area contributed by atoms with Crippen molar-refractivity contribution in [3.63, 3.8) is 0 Å². The third-order valence-electron chi connectivity index (χ3n) is 8.49. The number of aliphatic hydroxyl groups is 2. The van der Waals surface area contributed by atoms with Crippen LogP contribution in [0.25, 0.3) is 0 Å². The number of imidazole rings is 1. The predicted octanol–water partition coefficient (Wildman–Crippen LogP) is 2.78. The van der Waals surface area contributed by atoms with Gasteiger partial charge in [-0.3, -0.25) is 14.4 Å². The number of aliphatic hydroxyl groups excluding tert-OH is 2. The fourth-order valence-corrected chi connectivity index (χ4v) is 5.41. The Balaban J connectivity index is 1.77. The number of hydrogen-bond acceptors (Lipinski definition) is 8. The van der Waals surface area contributed by atoms with Gasteiger partial charge < -0.3 is 41.2 Å². The van der Waals surface area contributed by atoms with Gasteiger partial charge in [-0.25, -0.2) is 9.78 Å². The molecule has 6 atom stereocenters. The average molecular weight is 693 g/mol. The fourth-order valence-electron chi connectivity index (χ4n) is 5.41. The number of aromatic nitrogens is 2. The summed E-state index contributed by atoms with van der Waals surface area (Å²) in [5, 5.41) is 32.0. The van der Waals surface area contributed by atoms with Gasteiger partial charge in [0.15, 0.2) is 0 Å². The second kappa shape index (κ2) is 20.7. The number of aromatic amines is 1. The number of rotatable bonds is 20. The largest absolute Gasteiger partial charge is 0.445 e. The van der Waals surface area contributed by atoms with E-state index in [4.69, 9.17) is 4.74 Å². The maximum absolute atomic E-state index is 13.9. The van der Waals surface area contributed by atoms with Gasteiger partial charge in [-0.2, -0.15) is 0 Å². The molecule has 2 aromatic carbocycles. The Morgan fingerprint density at radius 1 is 0.820 bits per heavy atom. The first kappa shape index (κ1) is 39.7. The summed E-state index contributed by atoms with van der Waals surface area (Å²) in [5.74, 6) is -1.59. The van der Waals surface area contributed by atoms with Gasteiger partial charge in [0.05, 0.1) is 43.2 Å². The lowest BCUT2D eigenvalue weighted by molar-refractivity contribution is -0.131. The first-order valence-electron chi connectivity index (χ1n) is 17.2. The van der Waals surface area contributed by atoms with Crippen molar-refractivity contribution in [2.45, 2.75) is 96.7 Å². The summed E-state index contributed by atoms with van der Waals surface area (Å²) < 4.78 is 5.38. The van der Waals surface area contributed by atoms with Gasteiger partial charge in [-0.05, 0) is 29.4 Å². The van der Waals surface area contributed by atoms with Gasteiger partial charge in [0.1, 0.15) is 18.7 Å². The first-order valence-corrected chi connectivity index (χ1v) is 17.2. The van der Waals surface area contributed by atoms with E-state index in [1.165, 1.54) is 6.33 Å². The van der Waals surface area contributed by atoms with Crippen molar-refractivity contribution >= 4 is 23.8 Å². The van der Waals surface area contributed by atoms with Crippen molar-refractivity contribution in [1.82, 2.24) is 31.2 Å². The molecule has 0 aliphatic carbocycles. The third kappa shape index (κ3) is 13.6. The quantitative estimate of drug-likeness (QED) is 0.0939. The summed E-state index contributed by atoms with van der Waals surface area (Å²) in [6, 6.07) is 14.7. The van der Waals surface area contributed by atoms with E-state index in [1.54, 1.807) is 6.20 Å². The molecule has 0 saturated heterocycles. The lowest BCUT2D eigenvalue weighted by Gasteiger charge is -2.29. The van der Waals surface area contributed by atoms with Crippen LogP contribution in [0, 0.1) is 11.8 Å². The summed E-state index contributed by atoms with van der Waals surface area (Å²) >= 11 is 0. The number of H-pyrrole nitrogens is 1. The predicted molar refractivity (Wildman–Crippen MR) is 188 cm³/mol. The molecule has 0 bridgehead atoms. The van der Waals surface area contributed by atoms with E-state index in [0.29, 0.717) is 12.1 Å². The molecule has 0 aliphatic rings. The van der Waals surface area contributed by atoms with Crippen LogP contribution in [-0.4, -0.2) is 80.9 Å². The third-order valence-corrected chi connectivity index (χ3v) is 8.49. The summed E-state index contributed by atoms with van der Waals surface area (Å²) in [7, 11) is 0. The van der Waals surface area contributed by atoms with Crippen LogP contribution in [0.2, 0.25) is 0 Å². The van der Waals surface area contributed by atoms with Gasteiger partial charge in [0.2, 0.25) is 17.7 Å². The second-order valence-corrected chi connectivity index (χ2v) is 13.0. The van der Waals surface area contributed by atoms with Gasteiger partial charge in [0, 0.05) is 19.0 Å². The van der Waals surface area contributed by atoms with Crippen molar-refractivity contribution in [1.29, 1.82) is 0 Å². The molecule has 13 nitrogen and oxygen atoms in total. The second-order valence-electron chi connectivity index (χ2n) is 13.0. The normalized spacial score (nSPS) is 14.8.